The fraction of sp³-hybridized carbons (Fsp3) is 0.368. The van der Waals surface area contributed by atoms with E-state index in [1.54, 1.807) is 30.5 Å². The molecule has 0 saturated carbocycles. The lowest BCUT2D eigenvalue weighted by Gasteiger charge is -2.17. The fourth-order valence-corrected chi connectivity index (χ4v) is 2.37. The molecule has 1 amide bonds. The molecule has 0 spiro atoms. The van der Waals surface area contributed by atoms with Crippen LogP contribution in [-0.2, 0) is 6.42 Å². The van der Waals surface area contributed by atoms with Gasteiger partial charge < -0.3 is 10.2 Å². The van der Waals surface area contributed by atoms with E-state index < -0.39 is 0 Å². The van der Waals surface area contributed by atoms with Gasteiger partial charge in [-0.1, -0.05) is 31.5 Å². The average molecular weight is 329 g/mol. The maximum absolute atomic E-state index is 13.5. The van der Waals surface area contributed by atoms with Crippen molar-refractivity contribution in [1.82, 2.24) is 10.3 Å². The van der Waals surface area contributed by atoms with Gasteiger partial charge in [0.05, 0.1) is 5.56 Å². The third-order valence-electron chi connectivity index (χ3n) is 3.89. The smallest absolute Gasteiger partial charge is 0.252 e. The summed E-state index contributed by atoms with van der Waals surface area (Å²) in [6, 6.07) is 10.2. The van der Waals surface area contributed by atoms with Crippen LogP contribution >= 0.6 is 0 Å². The summed E-state index contributed by atoms with van der Waals surface area (Å²) in [4.78, 5) is 18.5. The van der Waals surface area contributed by atoms with Crippen molar-refractivity contribution < 1.29 is 9.18 Å². The van der Waals surface area contributed by atoms with Gasteiger partial charge in [-0.25, -0.2) is 9.37 Å². The van der Waals surface area contributed by atoms with Gasteiger partial charge >= 0.3 is 0 Å². The maximum atomic E-state index is 13.5. The minimum absolute atomic E-state index is 0.193. The second-order valence-electron chi connectivity index (χ2n) is 5.78. The first-order valence-corrected chi connectivity index (χ1v) is 8.30. The van der Waals surface area contributed by atoms with Crippen molar-refractivity contribution in [1.29, 1.82) is 0 Å². The van der Waals surface area contributed by atoms with E-state index in [2.05, 4.69) is 22.1 Å². The van der Waals surface area contributed by atoms with E-state index in [4.69, 9.17) is 0 Å². The zero-order valence-electron chi connectivity index (χ0n) is 14.3. The molecule has 0 atom stereocenters. The zero-order chi connectivity index (χ0) is 17.4. The van der Waals surface area contributed by atoms with Gasteiger partial charge in [0.15, 0.2) is 0 Å². The number of halogens is 1. The molecule has 5 heteroatoms. The highest BCUT2D eigenvalue weighted by molar-refractivity contribution is 5.94. The molecule has 24 heavy (non-hydrogen) atoms. The highest BCUT2D eigenvalue weighted by Gasteiger charge is 2.08. The fourth-order valence-electron chi connectivity index (χ4n) is 2.37. The predicted octanol–water partition coefficient (Wildman–Crippen LogP) is 3.43. The van der Waals surface area contributed by atoms with E-state index in [1.165, 1.54) is 6.07 Å². The Kier molecular flexibility index (Phi) is 6.73. The first-order chi connectivity index (χ1) is 11.6. The van der Waals surface area contributed by atoms with Crippen molar-refractivity contribution in [2.75, 3.05) is 25.0 Å². The van der Waals surface area contributed by atoms with Crippen LogP contribution in [0.5, 0.6) is 0 Å². The molecule has 0 unspecified atom stereocenters. The Morgan fingerprint density at radius 3 is 2.71 bits per heavy atom. The number of carbonyl (C=O) groups excluding carboxylic acids is 1. The SMILES string of the molecule is CCCCN(C)c1ccc(C(=O)NCCc2ccccc2F)cn1. The van der Waals surface area contributed by atoms with Crippen LogP contribution in [-0.4, -0.2) is 31.0 Å². The molecule has 1 aromatic heterocycles. The lowest BCUT2D eigenvalue weighted by Crippen LogP contribution is -2.26. The summed E-state index contributed by atoms with van der Waals surface area (Å²) >= 11 is 0. The Labute approximate surface area is 142 Å². The van der Waals surface area contributed by atoms with Gasteiger partial charge in [0, 0.05) is 26.3 Å². The summed E-state index contributed by atoms with van der Waals surface area (Å²) < 4.78 is 13.5. The Morgan fingerprint density at radius 2 is 2.04 bits per heavy atom. The minimum atomic E-state index is -0.243. The summed E-state index contributed by atoms with van der Waals surface area (Å²) in [5.41, 5.74) is 1.11. The number of aromatic nitrogens is 1. The van der Waals surface area contributed by atoms with Crippen LogP contribution in [0.3, 0.4) is 0 Å². The van der Waals surface area contributed by atoms with E-state index in [0.29, 0.717) is 24.1 Å². The highest BCUT2D eigenvalue weighted by atomic mass is 19.1. The lowest BCUT2D eigenvalue weighted by atomic mass is 10.1. The molecule has 0 aliphatic rings. The number of amides is 1. The van der Waals surface area contributed by atoms with Crippen molar-refractivity contribution in [3.8, 4) is 0 Å². The number of hydrogen-bond acceptors (Lipinski definition) is 3. The Morgan fingerprint density at radius 1 is 1.25 bits per heavy atom. The predicted molar refractivity (Wildman–Crippen MR) is 94.9 cm³/mol. The van der Waals surface area contributed by atoms with Gasteiger partial charge in [-0.2, -0.15) is 0 Å². The number of rotatable bonds is 8. The number of anilines is 1. The van der Waals surface area contributed by atoms with E-state index in [9.17, 15) is 9.18 Å². The average Bonchev–Trinajstić information content (AvgIpc) is 2.61. The third-order valence-corrected chi connectivity index (χ3v) is 3.89. The lowest BCUT2D eigenvalue weighted by molar-refractivity contribution is 0.0953. The Hall–Kier alpha value is -2.43. The molecule has 2 aromatic rings. The van der Waals surface area contributed by atoms with Crippen LogP contribution < -0.4 is 10.2 Å². The second kappa shape index (κ2) is 9.01. The molecule has 0 fully saturated rings. The van der Waals surface area contributed by atoms with Crippen LogP contribution in [0.15, 0.2) is 42.6 Å². The third kappa shape index (κ3) is 5.05. The number of unbranched alkanes of at least 4 members (excludes halogenated alkanes) is 1. The summed E-state index contributed by atoms with van der Waals surface area (Å²) in [5, 5.41) is 2.80. The van der Waals surface area contributed by atoms with Gasteiger partial charge in [-0.15, -0.1) is 0 Å². The van der Waals surface area contributed by atoms with Crippen LogP contribution in [0, 0.1) is 5.82 Å². The van der Waals surface area contributed by atoms with E-state index >= 15 is 0 Å². The molecule has 0 radical (unpaired) electrons. The van der Waals surface area contributed by atoms with Crippen molar-refractivity contribution >= 4 is 11.7 Å². The van der Waals surface area contributed by atoms with Crippen molar-refractivity contribution in [2.45, 2.75) is 26.2 Å². The number of nitrogens with zero attached hydrogens (tertiary/aromatic N) is 2. The molecule has 128 valence electrons. The summed E-state index contributed by atoms with van der Waals surface area (Å²) in [7, 11) is 1.99. The van der Waals surface area contributed by atoms with E-state index in [1.807, 2.05) is 13.1 Å². The van der Waals surface area contributed by atoms with Crippen molar-refractivity contribution in [3.63, 3.8) is 0 Å². The second-order valence-corrected chi connectivity index (χ2v) is 5.78. The van der Waals surface area contributed by atoms with Gasteiger partial charge in [-0.3, -0.25) is 4.79 Å². The molecule has 2 rings (SSSR count). The summed E-state index contributed by atoms with van der Waals surface area (Å²) in [6.07, 6.45) is 4.28. The minimum Gasteiger partial charge on any atom is -0.360 e. The van der Waals surface area contributed by atoms with Crippen LogP contribution in [0.1, 0.15) is 35.7 Å². The molecular weight excluding hydrogens is 305 g/mol. The summed E-state index contributed by atoms with van der Waals surface area (Å²) in [5.74, 6) is 0.417. The molecule has 4 nitrogen and oxygen atoms in total. The first-order valence-electron chi connectivity index (χ1n) is 8.30. The first kappa shape index (κ1) is 17.9. The summed E-state index contributed by atoms with van der Waals surface area (Å²) in [6.45, 7) is 3.48. The largest absolute Gasteiger partial charge is 0.360 e. The monoisotopic (exact) mass is 329 g/mol. The van der Waals surface area contributed by atoms with E-state index in [0.717, 1.165) is 25.2 Å². The molecule has 0 aliphatic carbocycles. The number of nitrogens with one attached hydrogen (secondary N) is 1. The molecule has 0 saturated heterocycles. The van der Waals surface area contributed by atoms with Gasteiger partial charge in [-0.05, 0) is 36.6 Å². The van der Waals surface area contributed by atoms with Gasteiger partial charge in [0.1, 0.15) is 11.6 Å². The molecule has 1 heterocycles. The van der Waals surface area contributed by atoms with E-state index in [-0.39, 0.29) is 11.7 Å². The quantitative estimate of drug-likeness (QED) is 0.807. The van der Waals surface area contributed by atoms with Crippen molar-refractivity contribution in [2.24, 2.45) is 0 Å². The van der Waals surface area contributed by atoms with Crippen LogP contribution in [0.2, 0.25) is 0 Å². The normalized spacial score (nSPS) is 10.5. The molecular formula is C19H24FN3O. The van der Waals surface area contributed by atoms with Gasteiger partial charge in [0.25, 0.3) is 5.91 Å². The Balaban J connectivity index is 1.85. The molecule has 0 aliphatic heterocycles. The standard InChI is InChI=1S/C19H24FN3O/c1-3-4-13-23(2)18-10-9-16(14-22-18)19(24)21-12-11-15-7-5-6-8-17(15)20/h5-10,14H,3-4,11-13H2,1-2H3,(H,21,24). The Bertz CT molecular complexity index is 658. The molecule has 1 N–H and O–H groups in total. The van der Waals surface area contributed by atoms with Crippen molar-refractivity contribution in [3.05, 3.63) is 59.5 Å². The number of carbonyl (C=O) groups is 1. The molecule has 1 aromatic carbocycles. The number of hydrogen-bond donors (Lipinski definition) is 1. The zero-order valence-corrected chi connectivity index (χ0v) is 14.3. The highest BCUT2D eigenvalue weighted by Crippen LogP contribution is 2.11. The van der Waals surface area contributed by atoms with Crippen LogP contribution in [0.25, 0.3) is 0 Å². The maximum Gasteiger partial charge on any atom is 0.252 e. The molecule has 0 bridgehead atoms. The number of benzene rings is 1. The van der Waals surface area contributed by atoms with Gasteiger partial charge in [0.2, 0.25) is 0 Å². The van der Waals surface area contributed by atoms with Crippen LogP contribution in [0.4, 0.5) is 10.2 Å². The number of pyridine rings is 1. The topological polar surface area (TPSA) is 45.2 Å².